The number of piperidine rings is 1. The summed E-state index contributed by atoms with van der Waals surface area (Å²) in [6.45, 7) is 1.57. The van der Waals surface area contributed by atoms with Crippen LogP contribution in [0.5, 0.6) is 5.75 Å². The SMILES string of the molecule is CN1CCC(Oc2cc(C(=O)O)c(F)cc2[N+](=O)[O-])CC1. The number of carbonyl (C=O) groups is 1. The summed E-state index contributed by atoms with van der Waals surface area (Å²) in [5, 5.41) is 19.8. The van der Waals surface area contributed by atoms with Crippen molar-refractivity contribution in [3.05, 3.63) is 33.6 Å². The summed E-state index contributed by atoms with van der Waals surface area (Å²) in [7, 11) is 1.96. The normalized spacial score (nSPS) is 16.7. The molecule has 21 heavy (non-hydrogen) atoms. The van der Waals surface area contributed by atoms with Crippen molar-refractivity contribution in [2.75, 3.05) is 20.1 Å². The van der Waals surface area contributed by atoms with Crippen LogP contribution in [0.3, 0.4) is 0 Å². The van der Waals surface area contributed by atoms with Crippen LogP contribution >= 0.6 is 0 Å². The number of nitro groups is 1. The molecule has 2 rings (SSSR count). The fraction of sp³-hybridized carbons (Fsp3) is 0.462. The van der Waals surface area contributed by atoms with Gasteiger partial charge in [0.25, 0.3) is 0 Å². The van der Waals surface area contributed by atoms with Crippen LogP contribution < -0.4 is 4.74 Å². The Morgan fingerprint density at radius 2 is 2.10 bits per heavy atom. The molecular weight excluding hydrogens is 283 g/mol. The zero-order valence-electron chi connectivity index (χ0n) is 11.4. The molecule has 0 spiro atoms. The van der Waals surface area contributed by atoms with E-state index in [9.17, 15) is 19.3 Å². The summed E-state index contributed by atoms with van der Waals surface area (Å²) < 4.78 is 19.1. The molecule has 114 valence electrons. The van der Waals surface area contributed by atoms with Gasteiger partial charge in [-0.15, -0.1) is 0 Å². The zero-order valence-corrected chi connectivity index (χ0v) is 11.4. The van der Waals surface area contributed by atoms with Crippen LogP contribution in [0.2, 0.25) is 0 Å². The Balaban J connectivity index is 2.29. The number of likely N-dealkylation sites (tertiary alicyclic amines) is 1. The molecule has 0 atom stereocenters. The number of carboxylic acid groups (broad SMARTS) is 1. The molecule has 0 aliphatic carbocycles. The number of hydrogen-bond donors (Lipinski definition) is 1. The highest BCUT2D eigenvalue weighted by atomic mass is 19.1. The van der Waals surface area contributed by atoms with E-state index in [0.29, 0.717) is 18.9 Å². The second-order valence-electron chi connectivity index (χ2n) is 4.98. The van der Waals surface area contributed by atoms with Crippen molar-refractivity contribution in [3.63, 3.8) is 0 Å². The van der Waals surface area contributed by atoms with Gasteiger partial charge in [0.1, 0.15) is 11.9 Å². The average molecular weight is 298 g/mol. The predicted octanol–water partition coefficient (Wildman–Crippen LogP) is 1.91. The van der Waals surface area contributed by atoms with Crippen molar-refractivity contribution in [1.82, 2.24) is 4.90 Å². The molecular formula is C13H15FN2O5. The number of rotatable bonds is 4. The summed E-state index contributed by atoms with van der Waals surface area (Å²) in [6.07, 6.45) is 1.10. The molecule has 1 aromatic carbocycles. The predicted molar refractivity (Wildman–Crippen MR) is 71.2 cm³/mol. The van der Waals surface area contributed by atoms with Crippen LogP contribution in [0, 0.1) is 15.9 Å². The number of hydrogen-bond acceptors (Lipinski definition) is 5. The highest BCUT2D eigenvalue weighted by molar-refractivity contribution is 5.89. The van der Waals surface area contributed by atoms with Crippen molar-refractivity contribution in [2.24, 2.45) is 0 Å². The third-order valence-electron chi connectivity index (χ3n) is 3.43. The Morgan fingerprint density at radius 3 is 2.62 bits per heavy atom. The average Bonchev–Trinajstić information content (AvgIpc) is 2.42. The minimum Gasteiger partial charge on any atom is -0.483 e. The molecule has 1 aliphatic rings. The molecule has 0 bridgehead atoms. The Hall–Kier alpha value is -2.22. The van der Waals surface area contributed by atoms with E-state index in [-0.39, 0.29) is 11.9 Å². The van der Waals surface area contributed by atoms with Gasteiger partial charge in [-0.05, 0) is 19.9 Å². The van der Waals surface area contributed by atoms with Crippen LogP contribution in [-0.2, 0) is 0 Å². The first-order valence-electron chi connectivity index (χ1n) is 6.45. The highest BCUT2D eigenvalue weighted by Crippen LogP contribution is 2.32. The minimum atomic E-state index is -1.49. The third-order valence-corrected chi connectivity index (χ3v) is 3.43. The van der Waals surface area contributed by atoms with Crippen LogP contribution in [0.25, 0.3) is 0 Å². The Bertz CT molecular complexity index is 570. The van der Waals surface area contributed by atoms with Crippen molar-refractivity contribution in [3.8, 4) is 5.75 Å². The number of halogens is 1. The molecule has 1 fully saturated rings. The third kappa shape index (κ3) is 3.46. The maximum atomic E-state index is 13.5. The van der Waals surface area contributed by atoms with Gasteiger partial charge in [0.15, 0.2) is 5.75 Å². The van der Waals surface area contributed by atoms with E-state index in [0.717, 1.165) is 19.2 Å². The maximum Gasteiger partial charge on any atom is 0.338 e. The fourth-order valence-electron chi connectivity index (χ4n) is 2.23. The Labute approximate surface area is 120 Å². The van der Waals surface area contributed by atoms with Crippen LogP contribution in [0.1, 0.15) is 23.2 Å². The number of ether oxygens (including phenoxy) is 1. The zero-order chi connectivity index (χ0) is 15.6. The van der Waals surface area contributed by atoms with Gasteiger partial charge in [-0.3, -0.25) is 10.1 Å². The molecule has 1 aromatic rings. The standard InChI is InChI=1S/C13H15FN2O5/c1-15-4-2-8(3-5-15)21-12-6-9(13(17)18)10(14)7-11(12)16(19)20/h6-8H,2-5H2,1H3,(H,17,18). The van der Waals surface area contributed by atoms with Crippen LogP contribution in [0.15, 0.2) is 12.1 Å². The van der Waals surface area contributed by atoms with E-state index in [2.05, 4.69) is 4.90 Å². The van der Waals surface area contributed by atoms with Crippen LogP contribution in [0.4, 0.5) is 10.1 Å². The number of aromatic carboxylic acids is 1. The van der Waals surface area contributed by atoms with Crippen molar-refractivity contribution >= 4 is 11.7 Å². The quantitative estimate of drug-likeness (QED) is 0.674. The van der Waals surface area contributed by atoms with Gasteiger partial charge in [0.05, 0.1) is 16.6 Å². The van der Waals surface area contributed by atoms with Gasteiger partial charge < -0.3 is 14.7 Å². The smallest absolute Gasteiger partial charge is 0.338 e. The second kappa shape index (κ2) is 6.04. The molecule has 1 saturated heterocycles. The molecule has 8 heteroatoms. The lowest BCUT2D eigenvalue weighted by atomic mass is 10.1. The molecule has 1 aliphatic heterocycles. The summed E-state index contributed by atoms with van der Waals surface area (Å²) in [5.74, 6) is -2.84. The summed E-state index contributed by atoms with van der Waals surface area (Å²) in [4.78, 5) is 23.2. The van der Waals surface area contributed by atoms with Gasteiger partial charge in [-0.2, -0.15) is 0 Å². The number of nitro benzene ring substituents is 1. The number of benzene rings is 1. The first-order valence-corrected chi connectivity index (χ1v) is 6.45. The molecule has 0 saturated carbocycles. The lowest BCUT2D eigenvalue weighted by Crippen LogP contribution is -2.35. The summed E-state index contributed by atoms with van der Waals surface area (Å²) in [6, 6.07) is 1.47. The van der Waals surface area contributed by atoms with E-state index in [1.54, 1.807) is 0 Å². The molecule has 0 radical (unpaired) electrons. The first kappa shape index (κ1) is 15.2. The van der Waals surface area contributed by atoms with E-state index in [4.69, 9.17) is 9.84 Å². The van der Waals surface area contributed by atoms with E-state index in [1.165, 1.54) is 0 Å². The van der Waals surface area contributed by atoms with Gasteiger partial charge in [-0.1, -0.05) is 0 Å². The highest BCUT2D eigenvalue weighted by Gasteiger charge is 2.26. The van der Waals surface area contributed by atoms with E-state index < -0.39 is 28.0 Å². The van der Waals surface area contributed by atoms with Crippen LogP contribution in [-0.4, -0.2) is 47.1 Å². The molecule has 1 N–H and O–H groups in total. The Morgan fingerprint density at radius 1 is 1.48 bits per heavy atom. The van der Waals surface area contributed by atoms with Gasteiger partial charge in [-0.25, -0.2) is 9.18 Å². The number of carboxylic acids is 1. The second-order valence-corrected chi connectivity index (χ2v) is 4.98. The lowest BCUT2D eigenvalue weighted by Gasteiger charge is -2.29. The molecule has 7 nitrogen and oxygen atoms in total. The van der Waals surface area contributed by atoms with Gasteiger partial charge in [0, 0.05) is 19.2 Å². The maximum absolute atomic E-state index is 13.5. The fourth-order valence-corrected chi connectivity index (χ4v) is 2.23. The monoisotopic (exact) mass is 298 g/mol. The minimum absolute atomic E-state index is 0.201. The molecule has 0 aromatic heterocycles. The molecule has 1 heterocycles. The topological polar surface area (TPSA) is 92.9 Å². The van der Waals surface area contributed by atoms with Gasteiger partial charge >= 0.3 is 11.7 Å². The first-order chi connectivity index (χ1) is 9.88. The molecule has 0 unspecified atom stereocenters. The summed E-state index contributed by atoms with van der Waals surface area (Å²) >= 11 is 0. The van der Waals surface area contributed by atoms with Crippen molar-refractivity contribution < 1.29 is 24.0 Å². The van der Waals surface area contributed by atoms with Crippen molar-refractivity contribution in [1.29, 1.82) is 0 Å². The summed E-state index contributed by atoms with van der Waals surface area (Å²) in [5.41, 5.74) is -1.19. The van der Waals surface area contributed by atoms with E-state index in [1.807, 2.05) is 7.05 Å². The Kier molecular flexibility index (Phi) is 4.37. The van der Waals surface area contributed by atoms with Crippen molar-refractivity contribution in [2.45, 2.75) is 18.9 Å². The molecule has 0 amide bonds. The van der Waals surface area contributed by atoms with Gasteiger partial charge in [0.2, 0.25) is 0 Å². The largest absolute Gasteiger partial charge is 0.483 e. The van der Waals surface area contributed by atoms with E-state index >= 15 is 0 Å². The number of nitrogens with zero attached hydrogens (tertiary/aromatic N) is 2. The lowest BCUT2D eigenvalue weighted by molar-refractivity contribution is -0.386.